The van der Waals surface area contributed by atoms with Crippen molar-refractivity contribution in [2.45, 2.75) is 19.4 Å². The highest BCUT2D eigenvalue weighted by molar-refractivity contribution is 7.10. The first kappa shape index (κ1) is 10.9. The Bertz CT molecular complexity index is 492. The SMILES string of the molecule is CCC(Nc1cc(=O)[nH]cn1)c1cccs1. The van der Waals surface area contributed by atoms with Crippen LogP contribution in [0.15, 0.2) is 34.7 Å². The van der Waals surface area contributed by atoms with E-state index in [-0.39, 0.29) is 11.6 Å². The second kappa shape index (κ2) is 4.94. The fourth-order valence-electron chi connectivity index (χ4n) is 1.49. The van der Waals surface area contributed by atoms with Crippen LogP contribution < -0.4 is 10.9 Å². The van der Waals surface area contributed by atoms with Crippen LogP contribution in [-0.2, 0) is 0 Å². The van der Waals surface area contributed by atoms with Crippen molar-refractivity contribution in [1.29, 1.82) is 0 Å². The molecule has 0 spiro atoms. The second-order valence-corrected chi connectivity index (χ2v) is 4.40. The molecule has 0 radical (unpaired) electrons. The fourth-order valence-corrected chi connectivity index (χ4v) is 2.35. The Morgan fingerprint density at radius 1 is 1.62 bits per heavy atom. The Morgan fingerprint density at radius 2 is 2.50 bits per heavy atom. The van der Waals surface area contributed by atoms with Gasteiger partial charge in [0.05, 0.1) is 12.4 Å². The van der Waals surface area contributed by atoms with Crippen molar-refractivity contribution in [3.05, 3.63) is 45.1 Å². The first-order valence-corrected chi connectivity index (χ1v) is 6.02. The number of hydrogen-bond donors (Lipinski definition) is 2. The Hall–Kier alpha value is -1.62. The Labute approximate surface area is 97.4 Å². The minimum absolute atomic E-state index is 0.140. The van der Waals surface area contributed by atoms with Gasteiger partial charge in [0.25, 0.3) is 5.56 Å². The van der Waals surface area contributed by atoms with E-state index in [0.29, 0.717) is 5.82 Å². The zero-order chi connectivity index (χ0) is 11.4. The van der Waals surface area contributed by atoms with Crippen molar-refractivity contribution in [3.63, 3.8) is 0 Å². The largest absolute Gasteiger partial charge is 0.362 e. The molecule has 0 aliphatic heterocycles. The molecule has 2 heterocycles. The minimum Gasteiger partial charge on any atom is -0.362 e. The summed E-state index contributed by atoms with van der Waals surface area (Å²) in [5, 5.41) is 5.30. The topological polar surface area (TPSA) is 57.8 Å². The number of nitrogens with zero attached hydrogens (tertiary/aromatic N) is 1. The molecule has 2 N–H and O–H groups in total. The molecule has 0 aliphatic rings. The summed E-state index contributed by atoms with van der Waals surface area (Å²) < 4.78 is 0. The number of hydrogen-bond acceptors (Lipinski definition) is 4. The first-order chi connectivity index (χ1) is 7.79. The van der Waals surface area contributed by atoms with Crippen molar-refractivity contribution < 1.29 is 0 Å². The molecule has 84 valence electrons. The fraction of sp³-hybridized carbons (Fsp3) is 0.273. The number of rotatable bonds is 4. The van der Waals surface area contributed by atoms with E-state index in [1.165, 1.54) is 17.3 Å². The van der Waals surface area contributed by atoms with Gasteiger partial charge in [-0.25, -0.2) is 4.98 Å². The highest BCUT2D eigenvalue weighted by atomic mass is 32.1. The van der Waals surface area contributed by atoms with E-state index in [4.69, 9.17) is 0 Å². The quantitative estimate of drug-likeness (QED) is 0.855. The van der Waals surface area contributed by atoms with Crippen LogP contribution >= 0.6 is 11.3 Å². The molecule has 0 amide bonds. The van der Waals surface area contributed by atoms with Gasteiger partial charge in [-0.1, -0.05) is 13.0 Å². The van der Waals surface area contributed by atoms with Gasteiger partial charge in [0.1, 0.15) is 5.82 Å². The Morgan fingerprint density at radius 3 is 3.12 bits per heavy atom. The number of thiophene rings is 1. The third kappa shape index (κ3) is 2.49. The van der Waals surface area contributed by atoms with Gasteiger partial charge in [-0.05, 0) is 17.9 Å². The highest BCUT2D eigenvalue weighted by Gasteiger charge is 2.10. The maximum Gasteiger partial charge on any atom is 0.252 e. The molecule has 0 aromatic carbocycles. The molecule has 16 heavy (non-hydrogen) atoms. The van der Waals surface area contributed by atoms with Gasteiger partial charge < -0.3 is 10.3 Å². The number of nitrogens with one attached hydrogen (secondary N) is 2. The summed E-state index contributed by atoms with van der Waals surface area (Å²) in [6, 6.07) is 5.79. The van der Waals surface area contributed by atoms with Crippen LogP contribution in [0.2, 0.25) is 0 Å². The van der Waals surface area contributed by atoms with E-state index >= 15 is 0 Å². The summed E-state index contributed by atoms with van der Waals surface area (Å²) in [4.78, 5) is 18.9. The standard InChI is InChI=1S/C11H13N3OS/c1-2-8(9-4-3-5-16-9)14-10-6-11(15)13-7-12-10/h3-8H,2H2,1H3,(H2,12,13,14,15). The van der Waals surface area contributed by atoms with Gasteiger partial charge in [0, 0.05) is 10.9 Å². The lowest BCUT2D eigenvalue weighted by atomic mass is 10.2. The van der Waals surface area contributed by atoms with Crippen LogP contribution in [0.1, 0.15) is 24.3 Å². The number of aromatic amines is 1. The maximum absolute atomic E-state index is 11.1. The monoisotopic (exact) mass is 235 g/mol. The predicted octanol–water partition coefficient (Wildman–Crippen LogP) is 2.39. The smallest absolute Gasteiger partial charge is 0.252 e. The van der Waals surface area contributed by atoms with Crippen molar-refractivity contribution in [2.75, 3.05) is 5.32 Å². The van der Waals surface area contributed by atoms with Gasteiger partial charge in [-0.15, -0.1) is 11.3 Å². The minimum atomic E-state index is -0.140. The van der Waals surface area contributed by atoms with Gasteiger partial charge in [-0.2, -0.15) is 0 Å². The Kier molecular flexibility index (Phi) is 3.36. The molecule has 0 aliphatic carbocycles. The van der Waals surface area contributed by atoms with Crippen LogP contribution in [0.3, 0.4) is 0 Å². The molecule has 2 aromatic heterocycles. The van der Waals surface area contributed by atoms with E-state index in [1.807, 2.05) is 11.4 Å². The summed E-state index contributed by atoms with van der Waals surface area (Å²) in [6.45, 7) is 2.10. The molecule has 4 nitrogen and oxygen atoms in total. The first-order valence-electron chi connectivity index (χ1n) is 5.14. The lowest BCUT2D eigenvalue weighted by Gasteiger charge is -2.15. The molecule has 0 fully saturated rings. The van der Waals surface area contributed by atoms with E-state index in [1.54, 1.807) is 11.3 Å². The maximum atomic E-state index is 11.1. The summed E-state index contributed by atoms with van der Waals surface area (Å²) in [5.41, 5.74) is -0.140. The lowest BCUT2D eigenvalue weighted by Crippen LogP contribution is -2.13. The Balaban J connectivity index is 2.16. The zero-order valence-electron chi connectivity index (χ0n) is 8.93. The molecular weight excluding hydrogens is 222 g/mol. The summed E-state index contributed by atoms with van der Waals surface area (Å²) >= 11 is 1.70. The molecule has 5 heteroatoms. The number of H-pyrrole nitrogens is 1. The number of anilines is 1. The molecule has 2 aromatic rings. The summed E-state index contributed by atoms with van der Waals surface area (Å²) in [6.07, 6.45) is 2.36. The molecule has 0 saturated carbocycles. The van der Waals surface area contributed by atoms with Gasteiger partial charge in [0.15, 0.2) is 0 Å². The zero-order valence-corrected chi connectivity index (χ0v) is 9.75. The molecule has 0 bridgehead atoms. The molecular formula is C11H13N3OS. The normalized spacial score (nSPS) is 12.3. The average Bonchev–Trinajstić information content (AvgIpc) is 2.79. The van der Waals surface area contributed by atoms with Crippen LogP contribution in [0.4, 0.5) is 5.82 Å². The van der Waals surface area contributed by atoms with Crippen molar-refractivity contribution in [1.82, 2.24) is 9.97 Å². The van der Waals surface area contributed by atoms with Crippen LogP contribution in [-0.4, -0.2) is 9.97 Å². The third-order valence-electron chi connectivity index (χ3n) is 2.30. The van der Waals surface area contributed by atoms with Crippen LogP contribution in [0.5, 0.6) is 0 Å². The van der Waals surface area contributed by atoms with Gasteiger partial charge >= 0.3 is 0 Å². The molecule has 1 unspecified atom stereocenters. The predicted molar refractivity (Wildman–Crippen MR) is 65.8 cm³/mol. The lowest BCUT2D eigenvalue weighted by molar-refractivity contribution is 0.757. The van der Waals surface area contributed by atoms with E-state index in [0.717, 1.165) is 6.42 Å². The molecule has 0 saturated heterocycles. The number of aromatic nitrogens is 2. The summed E-state index contributed by atoms with van der Waals surface area (Å²) in [5.74, 6) is 0.615. The average molecular weight is 235 g/mol. The van der Waals surface area contributed by atoms with Crippen LogP contribution in [0, 0.1) is 0 Å². The highest BCUT2D eigenvalue weighted by Crippen LogP contribution is 2.24. The molecule has 1 atom stereocenters. The van der Waals surface area contributed by atoms with E-state index < -0.39 is 0 Å². The summed E-state index contributed by atoms with van der Waals surface area (Å²) in [7, 11) is 0. The van der Waals surface area contributed by atoms with Crippen molar-refractivity contribution in [2.24, 2.45) is 0 Å². The van der Waals surface area contributed by atoms with E-state index in [2.05, 4.69) is 28.3 Å². The van der Waals surface area contributed by atoms with Crippen LogP contribution in [0.25, 0.3) is 0 Å². The molecule has 2 rings (SSSR count). The van der Waals surface area contributed by atoms with Crippen molar-refractivity contribution in [3.8, 4) is 0 Å². The van der Waals surface area contributed by atoms with Gasteiger partial charge in [-0.3, -0.25) is 4.79 Å². The van der Waals surface area contributed by atoms with Gasteiger partial charge in [0.2, 0.25) is 0 Å². The van der Waals surface area contributed by atoms with E-state index in [9.17, 15) is 4.79 Å². The second-order valence-electron chi connectivity index (χ2n) is 3.42. The third-order valence-corrected chi connectivity index (χ3v) is 3.28. The van der Waals surface area contributed by atoms with Crippen molar-refractivity contribution >= 4 is 17.2 Å².